The predicted octanol–water partition coefficient (Wildman–Crippen LogP) is 1.28. The topological polar surface area (TPSA) is 80.9 Å². The molecule has 1 spiro atoms. The quantitative estimate of drug-likeness (QED) is 0.881. The molecule has 1 aromatic rings. The van der Waals surface area contributed by atoms with Gasteiger partial charge in [-0.25, -0.2) is 9.97 Å². The van der Waals surface area contributed by atoms with Crippen LogP contribution in [0.2, 0.25) is 0 Å². The van der Waals surface area contributed by atoms with Gasteiger partial charge in [0.15, 0.2) is 0 Å². The number of halogens is 3. The highest BCUT2D eigenvalue weighted by molar-refractivity contribution is 5.77. The van der Waals surface area contributed by atoms with Crippen LogP contribution in [0.1, 0.15) is 30.7 Å². The van der Waals surface area contributed by atoms with Crippen molar-refractivity contribution in [2.24, 2.45) is 17.6 Å². The van der Waals surface area contributed by atoms with Gasteiger partial charge in [0.25, 0.3) is 0 Å². The van der Waals surface area contributed by atoms with E-state index in [1.54, 1.807) is 0 Å². The van der Waals surface area contributed by atoms with Gasteiger partial charge >= 0.3 is 6.18 Å². The predicted molar refractivity (Wildman–Crippen MR) is 71.5 cm³/mol. The zero-order valence-corrected chi connectivity index (χ0v) is 11.9. The summed E-state index contributed by atoms with van der Waals surface area (Å²) in [7, 11) is 0. The molecule has 1 aromatic heterocycles. The summed E-state index contributed by atoms with van der Waals surface area (Å²) < 4.78 is 37.4. The maximum Gasteiger partial charge on any atom is 0.419 e. The molecule has 3 unspecified atom stereocenters. The van der Waals surface area contributed by atoms with E-state index in [-0.39, 0.29) is 23.3 Å². The molecule has 1 saturated carbocycles. The molecule has 1 aliphatic heterocycles. The number of piperidine rings is 1. The summed E-state index contributed by atoms with van der Waals surface area (Å²) in [6, 6.07) is 0. The van der Waals surface area contributed by atoms with Crippen molar-refractivity contribution >= 4 is 5.91 Å². The second-order valence-electron chi connectivity index (χ2n) is 6.17. The fraction of sp³-hybridized carbons (Fsp3) is 0.643. The Morgan fingerprint density at radius 2 is 2.05 bits per heavy atom. The van der Waals surface area contributed by atoms with Gasteiger partial charge in [0.2, 0.25) is 5.91 Å². The highest BCUT2D eigenvalue weighted by atomic mass is 19.4. The van der Waals surface area contributed by atoms with Crippen LogP contribution >= 0.6 is 0 Å². The first-order valence-electron chi connectivity index (χ1n) is 7.23. The van der Waals surface area contributed by atoms with Crippen molar-refractivity contribution in [3.8, 4) is 0 Å². The van der Waals surface area contributed by atoms with Crippen LogP contribution in [0, 0.1) is 11.8 Å². The zero-order valence-electron chi connectivity index (χ0n) is 11.9. The molecule has 0 radical (unpaired) electrons. The average Bonchev–Trinajstić information content (AvgIpc) is 3.09. The Morgan fingerprint density at radius 1 is 1.36 bits per heavy atom. The van der Waals surface area contributed by atoms with Crippen LogP contribution in [0.4, 0.5) is 13.2 Å². The normalized spacial score (nSPS) is 31.2. The molecule has 120 valence electrons. The molecule has 1 aliphatic carbocycles. The second-order valence-corrected chi connectivity index (χ2v) is 6.17. The Labute approximate surface area is 125 Å². The maximum atomic E-state index is 12.5. The molecule has 5 nitrogen and oxygen atoms in total. The van der Waals surface area contributed by atoms with Gasteiger partial charge < -0.3 is 11.1 Å². The minimum absolute atomic E-state index is 0.121. The van der Waals surface area contributed by atoms with E-state index in [4.69, 9.17) is 5.73 Å². The third-order valence-electron chi connectivity index (χ3n) is 4.68. The van der Waals surface area contributed by atoms with Crippen molar-refractivity contribution in [1.82, 2.24) is 15.3 Å². The van der Waals surface area contributed by atoms with E-state index in [1.807, 2.05) is 0 Å². The van der Waals surface area contributed by atoms with Crippen LogP contribution in [-0.4, -0.2) is 28.0 Å². The van der Waals surface area contributed by atoms with Gasteiger partial charge in [-0.3, -0.25) is 4.79 Å². The van der Waals surface area contributed by atoms with Crippen LogP contribution in [0.25, 0.3) is 0 Å². The number of amides is 1. The van der Waals surface area contributed by atoms with Gasteiger partial charge in [0, 0.05) is 30.3 Å². The fourth-order valence-corrected chi connectivity index (χ4v) is 3.29. The van der Waals surface area contributed by atoms with E-state index < -0.39 is 11.7 Å². The number of hydrogen-bond acceptors (Lipinski definition) is 4. The lowest BCUT2D eigenvalue weighted by molar-refractivity contribution is -0.138. The van der Waals surface area contributed by atoms with E-state index in [0.29, 0.717) is 18.7 Å². The Hall–Kier alpha value is -1.70. The molecule has 3 rings (SSSR count). The minimum Gasteiger partial charge on any atom is -0.369 e. The van der Waals surface area contributed by atoms with Crippen molar-refractivity contribution in [1.29, 1.82) is 0 Å². The number of hydrogen-bond donors (Lipinski definition) is 2. The molecular weight excluding hydrogens is 297 g/mol. The van der Waals surface area contributed by atoms with Gasteiger partial charge in [0.1, 0.15) is 5.82 Å². The molecule has 8 heteroatoms. The van der Waals surface area contributed by atoms with Crippen molar-refractivity contribution in [3.63, 3.8) is 0 Å². The van der Waals surface area contributed by atoms with E-state index in [1.165, 1.54) is 0 Å². The molecule has 2 fully saturated rings. The largest absolute Gasteiger partial charge is 0.419 e. The van der Waals surface area contributed by atoms with Crippen LogP contribution in [-0.2, 0) is 17.4 Å². The Morgan fingerprint density at radius 3 is 2.64 bits per heavy atom. The number of carbonyl (C=O) groups is 1. The number of nitrogens with zero attached hydrogens (tertiary/aromatic N) is 2. The maximum absolute atomic E-state index is 12.5. The standard InChI is InChI=1S/C14H17F3N4O/c15-14(16,17)10-6-19-11(20-7-10)3-9-5-13(9)4-8(12(18)22)1-2-21-13/h6-9,21H,1-5H2,(H2,18,22). The minimum atomic E-state index is -4.42. The van der Waals surface area contributed by atoms with Gasteiger partial charge in [-0.1, -0.05) is 0 Å². The summed E-state index contributed by atoms with van der Waals surface area (Å²) in [5.41, 5.74) is 4.41. The molecular formula is C14H17F3N4O. The third-order valence-corrected chi connectivity index (χ3v) is 4.68. The molecule has 2 aliphatic rings. The van der Waals surface area contributed by atoms with Crippen molar-refractivity contribution in [2.75, 3.05) is 6.54 Å². The Balaban J connectivity index is 1.62. The summed E-state index contributed by atoms with van der Waals surface area (Å²) in [4.78, 5) is 18.9. The van der Waals surface area contributed by atoms with Gasteiger partial charge in [-0.05, 0) is 31.7 Å². The van der Waals surface area contributed by atoms with Crippen LogP contribution in [0.15, 0.2) is 12.4 Å². The second kappa shape index (κ2) is 5.19. The lowest BCUT2D eigenvalue weighted by atomic mass is 9.88. The monoisotopic (exact) mass is 314 g/mol. The number of carbonyl (C=O) groups excluding carboxylic acids is 1. The summed E-state index contributed by atoms with van der Waals surface area (Å²) in [6.45, 7) is 0.734. The van der Waals surface area contributed by atoms with Crippen LogP contribution in [0.3, 0.4) is 0 Å². The first-order chi connectivity index (χ1) is 10.3. The van der Waals surface area contributed by atoms with E-state index in [2.05, 4.69) is 15.3 Å². The molecule has 1 amide bonds. The van der Waals surface area contributed by atoms with Crippen LogP contribution in [0.5, 0.6) is 0 Å². The number of primary amides is 1. The smallest absolute Gasteiger partial charge is 0.369 e. The number of alkyl halides is 3. The molecule has 0 bridgehead atoms. The van der Waals surface area contributed by atoms with E-state index in [9.17, 15) is 18.0 Å². The summed E-state index contributed by atoms with van der Waals surface area (Å²) in [5.74, 6) is 0.237. The lowest BCUT2D eigenvalue weighted by Gasteiger charge is -2.29. The Kier molecular flexibility index (Phi) is 3.58. The SMILES string of the molecule is NC(=O)C1CCNC2(C1)CC2Cc1ncc(C(F)(F)F)cn1. The molecule has 2 heterocycles. The van der Waals surface area contributed by atoms with E-state index >= 15 is 0 Å². The first kappa shape index (κ1) is 15.2. The lowest BCUT2D eigenvalue weighted by Crippen LogP contribution is -2.45. The third kappa shape index (κ3) is 2.92. The number of aromatic nitrogens is 2. The molecule has 1 saturated heterocycles. The molecule has 3 N–H and O–H groups in total. The average molecular weight is 314 g/mol. The number of rotatable bonds is 3. The van der Waals surface area contributed by atoms with Crippen molar-refractivity contribution < 1.29 is 18.0 Å². The first-order valence-corrected chi connectivity index (χ1v) is 7.23. The molecule has 3 atom stereocenters. The summed E-state index contributed by atoms with van der Waals surface area (Å²) >= 11 is 0. The number of nitrogens with one attached hydrogen (secondary N) is 1. The summed E-state index contributed by atoms with van der Waals surface area (Å²) in [6.07, 6.45) is 0.0285. The molecule has 22 heavy (non-hydrogen) atoms. The highest BCUT2D eigenvalue weighted by Gasteiger charge is 2.56. The fourth-order valence-electron chi connectivity index (χ4n) is 3.29. The number of nitrogens with two attached hydrogens (primary N) is 1. The van der Waals surface area contributed by atoms with Crippen LogP contribution < -0.4 is 11.1 Å². The van der Waals surface area contributed by atoms with E-state index in [0.717, 1.165) is 31.8 Å². The highest BCUT2D eigenvalue weighted by Crippen LogP contribution is 2.51. The van der Waals surface area contributed by atoms with Crippen molar-refractivity contribution in [2.45, 2.75) is 37.4 Å². The molecule has 0 aromatic carbocycles. The van der Waals surface area contributed by atoms with Gasteiger partial charge in [-0.2, -0.15) is 13.2 Å². The van der Waals surface area contributed by atoms with Gasteiger partial charge in [-0.15, -0.1) is 0 Å². The van der Waals surface area contributed by atoms with Crippen molar-refractivity contribution in [3.05, 3.63) is 23.8 Å². The zero-order chi connectivity index (χ0) is 16.0. The van der Waals surface area contributed by atoms with Gasteiger partial charge in [0.05, 0.1) is 5.56 Å². The Bertz CT molecular complexity index is 574. The summed E-state index contributed by atoms with van der Waals surface area (Å²) in [5, 5.41) is 3.42.